The summed E-state index contributed by atoms with van der Waals surface area (Å²) in [5.74, 6) is -0.354. The van der Waals surface area contributed by atoms with Gasteiger partial charge in [0.1, 0.15) is 5.54 Å². The monoisotopic (exact) mass is 398 g/mol. The molecule has 8 heteroatoms. The molecule has 4 rings (SSSR count). The summed E-state index contributed by atoms with van der Waals surface area (Å²) < 4.78 is 5.38. The molecule has 28 heavy (non-hydrogen) atoms. The number of urea groups is 1. The minimum atomic E-state index is -1.07. The van der Waals surface area contributed by atoms with E-state index in [1.165, 1.54) is 0 Å². The molecule has 0 aliphatic carbocycles. The number of anilines is 1. The fraction of sp³-hybridized carbons (Fsp3) is 0.350. The number of nitrogens with zero attached hydrogens (tertiary/aromatic N) is 3. The summed E-state index contributed by atoms with van der Waals surface area (Å²) >= 11 is 1.58. The van der Waals surface area contributed by atoms with Crippen LogP contribution in [0.5, 0.6) is 0 Å². The van der Waals surface area contributed by atoms with Gasteiger partial charge < -0.3 is 15.0 Å². The molecule has 2 aromatic rings. The first-order valence-corrected chi connectivity index (χ1v) is 10.1. The Kier molecular flexibility index (Phi) is 5.15. The third-order valence-electron chi connectivity index (χ3n) is 5.10. The molecule has 146 valence electrons. The molecular formula is C20H22N4O3S. The number of carbonyl (C=O) groups excluding carboxylic acids is 2. The Hall–Kier alpha value is -2.71. The largest absolute Gasteiger partial charge is 0.378 e. The maximum atomic E-state index is 13.1. The Morgan fingerprint density at radius 2 is 1.93 bits per heavy atom. The lowest BCUT2D eigenvalue weighted by Crippen LogP contribution is -2.43. The molecule has 0 bridgehead atoms. The highest BCUT2D eigenvalue weighted by atomic mass is 32.1. The number of benzene rings is 1. The van der Waals surface area contributed by atoms with Crippen molar-refractivity contribution in [1.82, 2.24) is 10.3 Å². The maximum absolute atomic E-state index is 13.1. The van der Waals surface area contributed by atoms with Gasteiger partial charge >= 0.3 is 6.03 Å². The van der Waals surface area contributed by atoms with Gasteiger partial charge in [0.15, 0.2) is 0 Å². The van der Waals surface area contributed by atoms with Gasteiger partial charge in [-0.25, -0.2) is 4.79 Å². The third-order valence-corrected chi connectivity index (χ3v) is 6.18. The predicted octanol–water partition coefficient (Wildman–Crippen LogP) is 2.78. The Bertz CT molecular complexity index is 892. The summed E-state index contributed by atoms with van der Waals surface area (Å²) in [6.45, 7) is 5.05. The Labute approximate surface area is 167 Å². The van der Waals surface area contributed by atoms with Crippen LogP contribution >= 0.6 is 11.3 Å². The molecule has 0 unspecified atom stereocenters. The fourth-order valence-corrected chi connectivity index (χ4v) is 4.43. The molecule has 3 heterocycles. The van der Waals surface area contributed by atoms with Crippen molar-refractivity contribution in [1.29, 1.82) is 0 Å². The van der Waals surface area contributed by atoms with Gasteiger partial charge in [-0.1, -0.05) is 37.3 Å². The van der Waals surface area contributed by atoms with Crippen LogP contribution < -0.4 is 10.2 Å². The minimum Gasteiger partial charge on any atom is -0.378 e. The van der Waals surface area contributed by atoms with Crippen molar-refractivity contribution in [3.8, 4) is 0 Å². The van der Waals surface area contributed by atoms with E-state index in [9.17, 15) is 9.59 Å². The summed E-state index contributed by atoms with van der Waals surface area (Å²) in [7, 11) is 0. The first-order chi connectivity index (χ1) is 13.6. The zero-order valence-electron chi connectivity index (χ0n) is 15.6. The van der Waals surface area contributed by atoms with Crippen LogP contribution in [0.2, 0.25) is 0 Å². The molecule has 0 saturated carbocycles. The van der Waals surface area contributed by atoms with Gasteiger partial charge in [0.2, 0.25) is 0 Å². The van der Waals surface area contributed by atoms with Crippen LogP contribution in [0.25, 0.3) is 0 Å². The average Bonchev–Trinajstić information content (AvgIpc) is 3.31. The highest BCUT2D eigenvalue weighted by Crippen LogP contribution is 2.32. The van der Waals surface area contributed by atoms with Crippen LogP contribution in [0.1, 0.15) is 23.8 Å². The van der Waals surface area contributed by atoms with Crippen LogP contribution in [-0.4, -0.2) is 49.5 Å². The maximum Gasteiger partial charge on any atom is 0.346 e. The van der Waals surface area contributed by atoms with Crippen molar-refractivity contribution in [2.24, 2.45) is 5.10 Å². The second kappa shape index (κ2) is 7.73. The van der Waals surface area contributed by atoms with Gasteiger partial charge in [-0.2, -0.15) is 5.10 Å². The molecule has 2 aliphatic heterocycles. The molecule has 0 spiro atoms. The second-order valence-electron chi connectivity index (χ2n) is 6.69. The van der Waals surface area contributed by atoms with Crippen molar-refractivity contribution >= 4 is 34.5 Å². The second-order valence-corrected chi connectivity index (χ2v) is 7.79. The molecular weight excluding hydrogens is 376 g/mol. The topological polar surface area (TPSA) is 74.2 Å². The van der Waals surface area contributed by atoms with E-state index in [0.717, 1.165) is 46.8 Å². The van der Waals surface area contributed by atoms with Gasteiger partial charge in [0.05, 0.1) is 24.4 Å². The number of ether oxygens (including phenoxy) is 1. The number of carbonyl (C=O) groups is 2. The van der Waals surface area contributed by atoms with Crippen molar-refractivity contribution in [3.63, 3.8) is 0 Å². The molecule has 2 saturated heterocycles. The van der Waals surface area contributed by atoms with E-state index >= 15 is 0 Å². The lowest BCUT2D eigenvalue weighted by Gasteiger charge is -2.27. The molecule has 1 N–H and O–H groups in total. The standard InChI is InChI=1S/C20H22N4O3S/c1-2-20(15-6-4-3-5-7-15)18(25)24(19(26)22-20)21-14-16-8-9-17(28-16)23-10-12-27-13-11-23/h3-9,14H,2,10-13H2,1H3,(H,22,26)/b21-14-/t20-/m1/s1. The van der Waals surface area contributed by atoms with E-state index in [2.05, 4.69) is 15.3 Å². The highest BCUT2D eigenvalue weighted by Gasteiger charge is 2.51. The summed E-state index contributed by atoms with van der Waals surface area (Å²) in [5, 5.41) is 9.10. The predicted molar refractivity (Wildman–Crippen MR) is 109 cm³/mol. The number of hydrogen-bond acceptors (Lipinski definition) is 6. The fourth-order valence-electron chi connectivity index (χ4n) is 3.51. The average molecular weight is 398 g/mol. The molecule has 1 aromatic carbocycles. The van der Waals surface area contributed by atoms with E-state index in [4.69, 9.17) is 4.74 Å². The van der Waals surface area contributed by atoms with Gasteiger partial charge in [-0.15, -0.1) is 16.3 Å². The Morgan fingerprint density at radius 1 is 1.18 bits per heavy atom. The summed E-state index contributed by atoms with van der Waals surface area (Å²) in [6.07, 6.45) is 2.02. The van der Waals surface area contributed by atoms with Crippen molar-refractivity contribution in [2.45, 2.75) is 18.9 Å². The summed E-state index contributed by atoms with van der Waals surface area (Å²) in [4.78, 5) is 28.7. The molecule has 7 nitrogen and oxygen atoms in total. The summed E-state index contributed by atoms with van der Waals surface area (Å²) in [5.41, 5.74) is -0.302. The Balaban J connectivity index is 1.53. The van der Waals surface area contributed by atoms with Crippen molar-refractivity contribution in [2.75, 3.05) is 31.2 Å². The third kappa shape index (κ3) is 3.29. The van der Waals surface area contributed by atoms with Crippen molar-refractivity contribution < 1.29 is 14.3 Å². The minimum absolute atomic E-state index is 0.354. The number of hydrazone groups is 1. The molecule has 1 atom stereocenters. The highest BCUT2D eigenvalue weighted by molar-refractivity contribution is 7.17. The number of rotatable bonds is 5. The lowest BCUT2D eigenvalue weighted by molar-refractivity contribution is -0.131. The van der Waals surface area contributed by atoms with Gasteiger partial charge in [-0.3, -0.25) is 4.79 Å². The van der Waals surface area contributed by atoms with E-state index < -0.39 is 11.6 Å². The van der Waals surface area contributed by atoms with Crippen LogP contribution in [0.4, 0.5) is 9.80 Å². The number of nitrogens with one attached hydrogen (secondary N) is 1. The number of morpholine rings is 1. The molecule has 3 amide bonds. The summed E-state index contributed by atoms with van der Waals surface area (Å²) in [6, 6.07) is 12.8. The van der Waals surface area contributed by atoms with Crippen LogP contribution in [0.3, 0.4) is 0 Å². The van der Waals surface area contributed by atoms with E-state index in [1.54, 1.807) is 17.6 Å². The number of imide groups is 1. The Morgan fingerprint density at radius 3 is 2.64 bits per heavy atom. The smallest absolute Gasteiger partial charge is 0.346 e. The quantitative estimate of drug-likeness (QED) is 0.621. The van der Waals surface area contributed by atoms with Gasteiger partial charge in [0.25, 0.3) is 5.91 Å². The lowest BCUT2D eigenvalue weighted by atomic mass is 9.87. The SMILES string of the molecule is CC[C@]1(c2ccccc2)NC(=O)N(/N=C\c2ccc(N3CCOCC3)s2)C1=O. The van der Waals surface area contributed by atoms with Crippen LogP contribution in [0, 0.1) is 0 Å². The first-order valence-electron chi connectivity index (χ1n) is 9.33. The van der Waals surface area contributed by atoms with E-state index in [1.807, 2.05) is 49.4 Å². The first kappa shape index (κ1) is 18.6. The van der Waals surface area contributed by atoms with Crippen molar-refractivity contribution in [3.05, 3.63) is 52.9 Å². The number of hydrogen-bond donors (Lipinski definition) is 1. The molecule has 2 aliphatic rings. The van der Waals surface area contributed by atoms with Gasteiger partial charge in [-0.05, 0) is 24.1 Å². The number of amides is 3. The van der Waals surface area contributed by atoms with Crippen LogP contribution in [0.15, 0.2) is 47.6 Å². The molecule has 1 aromatic heterocycles. The molecule has 0 radical (unpaired) electrons. The van der Waals surface area contributed by atoms with E-state index in [0.29, 0.717) is 6.42 Å². The van der Waals surface area contributed by atoms with Crippen LogP contribution in [-0.2, 0) is 15.1 Å². The normalized spacial score (nSPS) is 22.9. The molecule has 2 fully saturated rings. The van der Waals surface area contributed by atoms with E-state index in [-0.39, 0.29) is 5.91 Å². The van der Waals surface area contributed by atoms with Gasteiger partial charge in [0, 0.05) is 18.0 Å². The number of thiophene rings is 1. The zero-order chi connectivity index (χ0) is 19.6. The zero-order valence-corrected chi connectivity index (χ0v) is 16.4.